The van der Waals surface area contributed by atoms with Gasteiger partial charge in [-0.15, -0.1) is 0 Å². The summed E-state index contributed by atoms with van der Waals surface area (Å²) in [5, 5.41) is 11.8. The molecule has 6 atom stereocenters. The van der Waals surface area contributed by atoms with Crippen molar-refractivity contribution in [2.24, 2.45) is 23.2 Å². The zero-order chi connectivity index (χ0) is 26.5. The van der Waals surface area contributed by atoms with Gasteiger partial charge in [-0.2, -0.15) is 0 Å². The lowest BCUT2D eigenvalue weighted by Gasteiger charge is -2.52. The fraction of sp³-hybridized carbons (Fsp3) is 0.690. The summed E-state index contributed by atoms with van der Waals surface area (Å²) >= 11 is 0. The van der Waals surface area contributed by atoms with Gasteiger partial charge in [0.1, 0.15) is 5.82 Å². The highest BCUT2D eigenvalue weighted by molar-refractivity contribution is 7.89. The van der Waals surface area contributed by atoms with Crippen molar-refractivity contribution in [3.8, 4) is 11.3 Å². The highest BCUT2D eigenvalue weighted by Crippen LogP contribution is 2.54. The van der Waals surface area contributed by atoms with E-state index in [1.54, 1.807) is 18.6 Å². The predicted octanol–water partition coefficient (Wildman–Crippen LogP) is 4.66. The third kappa shape index (κ3) is 4.84. The number of rotatable bonds is 8. The molecule has 6 rings (SSSR count). The highest BCUT2D eigenvalue weighted by atomic mass is 32.2. The summed E-state index contributed by atoms with van der Waals surface area (Å²) in [7, 11) is -3.39. The van der Waals surface area contributed by atoms with Gasteiger partial charge >= 0.3 is 0 Å². The number of ether oxygens (including phenoxy) is 1. The van der Waals surface area contributed by atoms with Crippen LogP contribution >= 0.6 is 0 Å². The van der Waals surface area contributed by atoms with E-state index in [4.69, 9.17) is 4.74 Å². The minimum absolute atomic E-state index is 0.0839. The molecule has 2 saturated carbocycles. The van der Waals surface area contributed by atoms with Gasteiger partial charge in [0.2, 0.25) is 10.0 Å². The second-order valence-corrected chi connectivity index (χ2v) is 14.1. The molecule has 38 heavy (non-hydrogen) atoms. The lowest BCUT2D eigenvalue weighted by atomic mass is 9.56. The molecule has 1 saturated heterocycles. The molecule has 3 heterocycles. The normalized spacial score (nSPS) is 32.1. The van der Waals surface area contributed by atoms with Gasteiger partial charge < -0.3 is 14.4 Å². The number of aliphatic hydroxyl groups is 1. The molecular formula is C29H40FN3O4S. The van der Waals surface area contributed by atoms with Crippen LogP contribution in [0, 0.1) is 29.0 Å². The van der Waals surface area contributed by atoms with Crippen molar-refractivity contribution in [2.75, 3.05) is 19.0 Å². The van der Waals surface area contributed by atoms with Crippen LogP contribution in [0.15, 0.2) is 30.7 Å². The summed E-state index contributed by atoms with van der Waals surface area (Å²) in [6, 6.07) is 4.77. The number of hydrogen-bond acceptors (Lipinski definition) is 5. The Labute approximate surface area is 225 Å². The molecule has 2 bridgehead atoms. The Morgan fingerprint density at radius 3 is 2.84 bits per heavy atom. The number of halogens is 1. The molecule has 2 aliphatic heterocycles. The second-order valence-electron chi connectivity index (χ2n) is 12.3. The molecule has 1 aromatic carbocycles. The Kier molecular flexibility index (Phi) is 7.16. The minimum Gasteiger partial charge on any atom is -0.392 e. The summed E-state index contributed by atoms with van der Waals surface area (Å²) in [5.74, 6) is 0.774. The van der Waals surface area contributed by atoms with Crippen LogP contribution in [0.4, 0.5) is 4.39 Å². The second kappa shape index (κ2) is 10.3. The highest BCUT2D eigenvalue weighted by Gasteiger charge is 2.49. The van der Waals surface area contributed by atoms with E-state index < -0.39 is 16.1 Å². The number of sulfonamides is 1. The van der Waals surface area contributed by atoms with E-state index in [0.717, 1.165) is 62.6 Å². The van der Waals surface area contributed by atoms with Gasteiger partial charge in [-0.3, -0.25) is 0 Å². The molecule has 0 spiro atoms. The Bertz CT molecular complexity index is 1260. The number of imidazole rings is 1. The summed E-state index contributed by atoms with van der Waals surface area (Å²) in [6.45, 7) is 3.42. The van der Waals surface area contributed by atoms with E-state index in [9.17, 15) is 13.5 Å². The summed E-state index contributed by atoms with van der Waals surface area (Å²) < 4.78 is 51.8. The van der Waals surface area contributed by atoms with E-state index >= 15 is 4.39 Å². The zero-order valence-corrected chi connectivity index (χ0v) is 23.0. The van der Waals surface area contributed by atoms with Crippen LogP contribution < -0.4 is 4.72 Å². The van der Waals surface area contributed by atoms with E-state index in [-0.39, 0.29) is 40.9 Å². The van der Waals surface area contributed by atoms with E-state index in [1.807, 2.05) is 10.6 Å². The first-order valence-electron chi connectivity index (χ1n) is 14.3. The molecule has 1 aromatic heterocycles. The molecule has 4 aliphatic rings. The molecule has 6 unspecified atom stereocenters. The average Bonchev–Trinajstić information content (AvgIpc) is 3.49. The molecule has 0 radical (unpaired) electrons. The van der Waals surface area contributed by atoms with Crippen LogP contribution in [0.25, 0.3) is 11.3 Å². The molecule has 0 amide bonds. The molecule has 2 aliphatic carbocycles. The van der Waals surface area contributed by atoms with Gasteiger partial charge in [0.25, 0.3) is 0 Å². The van der Waals surface area contributed by atoms with Gasteiger partial charge in [-0.25, -0.2) is 22.5 Å². The smallest absolute Gasteiger partial charge is 0.212 e. The number of hydrogen-bond donors (Lipinski definition) is 2. The van der Waals surface area contributed by atoms with Crippen LogP contribution in [0.3, 0.4) is 0 Å². The van der Waals surface area contributed by atoms with Crippen molar-refractivity contribution in [3.63, 3.8) is 0 Å². The maximum Gasteiger partial charge on any atom is 0.212 e. The molecule has 7 nitrogen and oxygen atoms in total. The lowest BCUT2D eigenvalue weighted by Crippen LogP contribution is -2.52. The summed E-state index contributed by atoms with van der Waals surface area (Å²) in [6.07, 6.45) is 10.3. The van der Waals surface area contributed by atoms with Gasteiger partial charge in [0, 0.05) is 30.4 Å². The Balaban J connectivity index is 1.19. The van der Waals surface area contributed by atoms with E-state index in [1.165, 1.54) is 6.07 Å². The van der Waals surface area contributed by atoms with Crippen molar-refractivity contribution in [2.45, 2.75) is 82.9 Å². The fourth-order valence-corrected chi connectivity index (χ4v) is 9.92. The molecule has 2 aromatic rings. The SMILES string of the molecule is CCC1(C(O)CC2c3c(F)cccc3-c3cncn32)CC2CCC(NS(=O)(=O)CC3CCOCC3)C(C2)C1. The summed E-state index contributed by atoms with van der Waals surface area (Å²) in [4.78, 5) is 4.30. The van der Waals surface area contributed by atoms with E-state index in [0.29, 0.717) is 31.1 Å². The number of fused-ring (bicyclic) bond motifs is 5. The van der Waals surface area contributed by atoms with Crippen molar-refractivity contribution < 1.29 is 22.7 Å². The Morgan fingerprint density at radius 1 is 1.24 bits per heavy atom. The Morgan fingerprint density at radius 2 is 2.05 bits per heavy atom. The monoisotopic (exact) mass is 545 g/mol. The molecular weight excluding hydrogens is 505 g/mol. The van der Waals surface area contributed by atoms with Crippen LogP contribution in [-0.4, -0.2) is 54.2 Å². The fourth-order valence-electron chi connectivity index (χ4n) is 8.10. The van der Waals surface area contributed by atoms with Crippen molar-refractivity contribution in [1.29, 1.82) is 0 Å². The van der Waals surface area contributed by atoms with Gasteiger partial charge in [0.15, 0.2) is 0 Å². The van der Waals surface area contributed by atoms with Crippen LogP contribution in [-0.2, 0) is 14.8 Å². The van der Waals surface area contributed by atoms with Gasteiger partial charge in [-0.1, -0.05) is 19.1 Å². The summed E-state index contributed by atoms with van der Waals surface area (Å²) in [5.41, 5.74) is 2.07. The third-order valence-electron chi connectivity index (χ3n) is 10.1. The lowest BCUT2D eigenvalue weighted by molar-refractivity contribution is -0.0657. The standard InChI is InChI=1S/C29H40FN3O4S/c1-2-29(27(34)13-25-28-22(4-3-5-23(28)30)26-16-31-18-33(25)26)14-20-6-7-24(21(12-20)15-29)32-38(35,36)17-19-8-10-37-11-9-19/h3-5,16,18-21,24-25,27,32,34H,2,6-15,17H2,1H3. The molecule has 2 N–H and O–H groups in total. The first-order chi connectivity index (χ1) is 18.3. The first-order valence-corrected chi connectivity index (χ1v) is 16.0. The number of aromatic nitrogens is 2. The maximum absolute atomic E-state index is 15.0. The number of benzene rings is 1. The third-order valence-corrected chi connectivity index (χ3v) is 11.7. The molecule has 9 heteroatoms. The quantitative estimate of drug-likeness (QED) is 0.503. The van der Waals surface area contributed by atoms with Crippen LogP contribution in [0.5, 0.6) is 0 Å². The predicted molar refractivity (Wildman–Crippen MR) is 143 cm³/mol. The van der Waals surface area contributed by atoms with Crippen molar-refractivity contribution in [3.05, 3.63) is 42.1 Å². The van der Waals surface area contributed by atoms with Gasteiger partial charge in [0.05, 0.1) is 36.1 Å². The topological polar surface area (TPSA) is 93.5 Å². The number of aliphatic hydroxyl groups excluding tert-OH is 1. The Hall–Kier alpha value is -1.81. The average molecular weight is 546 g/mol. The molecule has 3 fully saturated rings. The minimum atomic E-state index is -3.39. The van der Waals surface area contributed by atoms with Gasteiger partial charge in [-0.05, 0) is 87.0 Å². The van der Waals surface area contributed by atoms with Crippen molar-refractivity contribution >= 4 is 10.0 Å². The maximum atomic E-state index is 15.0. The number of nitrogens with one attached hydrogen (secondary N) is 1. The number of nitrogens with zero attached hydrogens (tertiary/aromatic N) is 2. The van der Waals surface area contributed by atoms with Crippen LogP contribution in [0.1, 0.15) is 76.3 Å². The zero-order valence-electron chi connectivity index (χ0n) is 22.2. The largest absolute Gasteiger partial charge is 0.392 e. The van der Waals surface area contributed by atoms with Crippen LogP contribution in [0.2, 0.25) is 0 Å². The molecule has 208 valence electrons. The first kappa shape index (κ1) is 26.4. The van der Waals surface area contributed by atoms with Crippen molar-refractivity contribution in [1.82, 2.24) is 14.3 Å². The van der Waals surface area contributed by atoms with E-state index in [2.05, 4.69) is 16.6 Å².